The van der Waals surface area contributed by atoms with Gasteiger partial charge in [0, 0.05) is 23.7 Å². The molecule has 3 nitrogen and oxygen atoms in total. The molecule has 24 heavy (non-hydrogen) atoms. The molecule has 2 aliphatic rings. The number of benzene rings is 2. The minimum atomic E-state index is 0.263. The summed E-state index contributed by atoms with van der Waals surface area (Å²) in [6.45, 7) is 1.34. The van der Waals surface area contributed by atoms with Crippen LogP contribution in [0.25, 0.3) is 10.8 Å². The highest BCUT2D eigenvalue weighted by Gasteiger charge is 2.35. The van der Waals surface area contributed by atoms with Crippen LogP contribution in [0.3, 0.4) is 0 Å². The van der Waals surface area contributed by atoms with E-state index in [-0.39, 0.29) is 5.91 Å². The SMILES string of the molecule is O=C(CNc1cccc2ccccc12)N1CCC[C@H]2CCCC[C@H]21. The lowest BCUT2D eigenvalue weighted by Crippen LogP contribution is -2.51. The Morgan fingerprint density at radius 2 is 1.79 bits per heavy atom. The van der Waals surface area contributed by atoms with Crippen molar-refractivity contribution in [1.29, 1.82) is 0 Å². The van der Waals surface area contributed by atoms with Gasteiger partial charge in [0.1, 0.15) is 0 Å². The van der Waals surface area contributed by atoms with Gasteiger partial charge in [-0.1, -0.05) is 49.2 Å². The Kier molecular flexibility index (Phi) is 4.42. The van der Waals surface area contributed by atoms with Crippen LogP contribution in [0, 0.1) is 5.92 Å². The molecule has 2 aromatic carbocycles. The first-order valence-corrected chi connectivity index (χ1v) is 9.34. The number of likely N-dealkylation sites (tertiary alicyclic amines) is 1. The first kappa shape index (κ1) is 15.5. The summed E-state index contributed by atoms with van der Waals surface area (Å²) in [6.07, 6.45) is 7.61. The van der Waals surface area contributed by atoms with Gasteiger partial charge in [-0.15, -0.1) is 0 Å². The minimum Gasteiger partial charge on any atom is -0.376 e. The van der Waals surface area contributed by atoms with E-state index >= 15 is 0 Å². The van der Waals surface area contributed by atoms with Crippen molar-refractivity contribution in [2.24, 2.45) is 5.92 Å². The summed E-state index contributed by atoms with van der Waals surface area (Å²) in [5, 5.41) is 5.78. The normalized spacial score (nSPS) is 23.8. The molecule has 1 aliphatic heterocycles. The molecule has 0 aromatic heterocycles. The summed E-state index contributed by atoms with van der Waals surface area (Å²) >= 11 is 0. The van der Waals surface area contributed by atoms with Crippen LogP contribution in [0.1, 0.15) is 38.5 Å². The summed E-state index contributed by atoms with van der Waals surface area (Å²) in [5.41, 5.74) is 1.05. The number of carbonyl (C=O) groups is 1. The van der Waals surface area contributed by atoms with Crippen LogP contribution in [-0.4, -0.2) is 29.9 Å². The fourth-order valence-electron chi connectivity index (χ4n) is 4.59. The Morgan fingerprint density at radius 1 is 1.00 bits per heavy atom. The number of carbonyl (C=O) groups excluding carboxylic acids is 1. The molecular weight excluding hydrogens is 296 g/mol. The quantitative estimate of drug-likeness (QED) is 0.906. The van der Waals surface area contributed by atoms with E-state index in [1.54, 1.807) is 0 Å². The van der Waals surface area contributed by atoms with Crippen molar-refractivity contribution in [3.8, 4) is 0 Å². The highest BCUT2D eigenvalue weighted by Crippen LogP contribution is 2.35. The highest BCUT2D eigenvalue weighted by atomic mass is 16.2. The van der Waals surface area contributed by atoms with Crippen LogP contribution in [0.5, 0.6) is 0 Å². The lowest BCUT2D eigenvalue weighted by Gasteiger charge is -2.44. The molecule has 0 radical (unpaired) electrons. The highest BCUT2D eigenvalue weighted by molar-refractivity contribution is 5.95. The maximum atomic E-state index is 12.8. The summed E-state index contributed by atoms with van der Waals surface area (Å²) in [4.78, 5) is 15.0. The van der Waals surface area contributed by atoms with Crippen molar-refractivity contribution in [3.63, 3.8) is 0 Å². The maximum Gasteiger partial charge on any atom is 0.242 e. The Balaban J connectivity index is 1.46. The Bertz CT molecular complexity index is 719. The molecule has 2 atom stereocenters. The van der Waals surface area contributed by atoms with Crippen LogP contribution < -0.4 is 5.32 Å². The molecular formula is C21H26N2O. The van der Waals surface area contributed by atoms with Crippen molar-refractivity contribution < 1.29 is 4.79 Å². The number of anilines is 1. The topological polar surface area (TPSA) is 32.3 Å². The zero-order chi connectivity index (χ0) is 16.4. The predicted octanol–water partition coefficient (Wildman–Crippen LogP) is 4.43. The summed E-state index contributed by atoms with van der Waals surface area (Å²) in [5.74, 6) is 1.01. The third kappa shape index (κ3) is 3.00. The van der Waals surface area contributed by atoms with Crippen molar-refractivity contribution in [3.05, 3.63) is 42.5 Å². The van der Waals surface area contributed by atoms with Gasteiger partial charge < -0.3 is 10.2 Å². The van der Waals surface area contributed by atoms with Gasteiger partial charge in [-0.3, -0.25) is 4.79 Å². The molecule has 1 saturated carbocycles. The number of piperidine rings is 1. The van der Waals surface area contributed by atoms with E-state index in [4.69, 9.17) is 0 Å². The largest absolute Gasteiger partial charge is 0.376 e. The number of hydrogen-bond donors (Lipinski definition) is 1. The first-order valence-electron chi connectivity index (χ1n) is 9.34. The van der Waals surface area contributed by atoms with E-state index in [9.17, 15) is 4.79 Å². The zero-order valence-electron chi connectivity index (χ0n) is 14.2. The van der Waals surface area contributed by atoms with Crippen LogP contribution in [0.2, 0.25) is 0 Å². The minimum absolute atomic E-state index is 0.263. The van der Waals surface area contributed by atoms with Gasteiger partial charge in [-0.05, 0) is 43.1 Å². The molecule has 2 aromatic rings. The summed E-state index contributed by atoms with van der Waals surface area (Å²) in [7, 11) is 0. The molecule has 1 heterocycles. The Morgan fingerprint density at radius 3 is 2.75 bits per heavy atom. The van der Waals surface area contributed by atoms with E-state index in [1.807, 2.05) is 18.2 Å². The van der Waals surface area contributed by atoms with Crippen LogP contribution in [0.4, 0.5) is 5.69 Å². The van der Waals surface area contributed by atoms with Gasteiger partial charge >= 0.3 is 0 Å². The average molecular weight is 322 g/mol. The zero-order valence-corrected chi connectivity index (χ0v) is 14.2. The molecule has 0 bridgehead atoms. The van der Waals surface area contributed by atoms with E-state index in [0.717, 1.165) is 18.2 Å². The molecule has 1 N–H and O–H groups in total. The monoisotopic (exact) mass is 322 g/mol. The number of nitrogens with one attached hydrogen (secondary N) is 1. The predicted molar refractivity (Wildman–Crippen MR) is 99.1 cm³/mol. The van der Waals surface area contributed by atoms with Gasteiger partial charge in [-0.25, -0.2) is 0 Å². The third-order valence-corrected chi connectivity index (χ3v) is 5.78. The summed E-state index contributed by atoms with van der Waals surface area (Å²) < 4.78 is 0. The molecule has 1 saturated heterocycles. The lowest BCUT2D eigenvalue weighted by atomic mass is 9.78. The third-order valence-electron chi connectivity index (χ3n) is 5.78. The fourth-order valence-corrected chi connectivity index (χ4v) is 4.59. The van der Waals surface area contributed by atoms with Crippen molar-refractivity contribution in [2.75, 3.05) is 18.4 Å². The molecule has 3 heteroatoms. The second kappa shape index (κ2) is 6.84. The molecule has 1 aliphatic carbocycles. The standard InChI is InChI=1S/C21H26N2O/c24-21(23-14-6-10-17-8-2-4-13-20(17)23)15-22-19-12-5-9-16-7-1-3-11-18(16)19/h1,3,5,7,9,11-12,17,20,22H,2,4,6,8,10,13-15H2/t17-,20-/m1/s1. The lowest BCUT2D eigenvalue weighted by molar-refractivity contribution is -0.135. The Labute approximate surface area is 144 Å². The van der Waals surface area contributed by atoms with Gasteiger partial charge in [0.25, 0.3) is 0 Å². The van der Waals surface area contributed by atoms with Crippen molar-refractivity contribution in [1.82, 2.24) is 4.90 Å². The van der Waals surface area contributed by atoms with E-state index < -0.39 is 0 Å². The molecule has 0 unspecified atom stereocenters. The van der Waals surface area contributed by atoms with E-state index in [1.165, 1.54) is 49.3 Å². The van der Waals surface area contributed by atoms with Crippen molar-refractivity contribution in [2.45, 2.75) is 44.6 Å². The number of rotatable bonds is 3. The molecule has 126 valence electrons. The smallest absolute Gasteiger partial charge is 0.242 e. The van der Waals surface area contributed by atoms with Gasteiger partial charge in [0.15, 0.2) is 0 Å². The number of hydrogen-bond acceptors (Lipinski definition) is 2. The molecule has 2 fully saturated rings. The van der Waals surface area contributed by atoms with Gasteiger partial charge in [0.05, 0.1) is 6.54 Å². The van der Waals surface area contributed by atoms with Crippen molar-refractivity contribution >= 4 is 22.4 Å². The number of amides is 1. The number of fused-ring (bicyclic) bond motifs is 2. The molecule has 1 amide bonds. The average Bonchev–Trinajstić information content (AvgIpc) is 2.65. The molecule has 0 spiro atoms. The second-order valence-electron chi connectivity index (χ2n) is 7.22. The van der Waals surface area contributed by atoms with Gasteiger partial charge in [-0.2, -0.15) is 0 Å². The van der Waals surface area contributed by atoms with Crippen LogP contribution in [-0.2, 0) is 4.79 Å². The Hall–Kier alpha value is -2.03. The number of nitrogens with zero attached hydrogens (tertiary/aromatic N) is 1. The van der Waals surface area contributed by atoms with Crippen LogP contribution in [0.15, 0.2) is 42.5 Å². The summed E-state index contributed by atoms with van der Waals surface area (Å²) in [6, 6.07) is 15.0. The van der Waals surface area contributed by atoms with Crippen LogP contribution >= 0.6 is 0 Å². The van der Waals surface area contributed by atoms with E-state index in [2.05, 4.69) is 34.5 Å². The van der Waals surface area contributed by atoms with Gasteiger partial charge in [0.2, 0.25) is 5.91 Å². The fraction of sp³-hybridized carbons (Fsp3) is 0.476. The first-order chi connectivity index (χ1) is 11.8. The molecule has 4 rings (SSSR count). The second-order valence-corrected chi connectivity index (χ2v) is 7.22. The van der Waals surface area contributed by atoms with E-state index in [0.29, 0.717) is 12.6 Å². The maximum absolute atomic E-state index is 12.8.